The second kappa shape index (κ2) is 7.86. The molecule has 1 saturated heterocycles. The first-order valence-electron chi connectivity index (χ1n) is 9.90. The van der Waals surface area contributed by atoms with Gasteiger partial charge in [-0.15, -0.1) is 0 Å². The molecule has 32 heavy (non-hydrogen) atoms. The summed E-state index contributed by atoms with van der Waals surface area (Å²) in [7, 11) is 0. The highest BCUT2D eigenvalue weighted by atomic mass is 19.1. The number of imidazole rings is 1. The lowest BCUT2D eigenvalue weighted by Crippen LogP contribution is -2.37. The molecule has 13 heteroatoms. The van der Waals surface area contributed by atoms with Crippen LogP contribution >= 0.6 is 0 Å². The Bertz CT molecular complexity index is 1180. The third kappa shape index (κ3) is 3.77. The predicted molar refractivity (Wildman–Crippen MR) is 104 cm³/mol. The molecule has 0 unspecified atom stereocenters. The van der Waals surface area contributed by atoms with E-state index in [-0.39, 0.29) is 23.7 Å². The maximum Gasteiger partial charge on any atom is 0.332 e. The summed E-state index contributed by atoms with van der Waals surface area (Å²) in [6.07, 6.45) is -3.49. The van der Waals surface area contributed by atoms with Gasteiger partial charge in [-0.2, -0.15) is 10.2 Å². The Kier molecular flexibility index (Phi) is 5.33. The molecule has 4 atom stereocenters. The number of ether oxygens (including phenoxy) is 3. The molecule has 1 aliphatic heterocycles. The van der Waals surface area contributed by atoms with E-state index < -0.39 is 54.3 Å². The number of halogens is 1. The Hall–Kier alpha value is -3.53. The molecule has 1 aliphatic carbocycles. The lowest BCUT2D eigenvalue weighted by atomic mass is 10.1. The van der Waals surface area contributed by atoms with Gasteiger partial charge in [-0.3, -0.25) is 14.2 Å². The van der Waals surface area contributed by atoms with Crippen molar-refractivity contribution in [1.82, 2.24) is 19.1 Å². The first-order valence-corrected chi connectivity index (χ1v) is 9.90. The van der Waals surface area contributed by atoms with Gasteiger partial charge in [-0.25, -0.2) is 18.7 Å². The van der Waals surface area contributed by atoms with Crippen molar-refractivity contribution in [3.8, 4) is 6.07 Å². The molecule has 2 aromatic heterocycles. The van der Waals surface area contributed by atoms with Crippen LogP contribution in [-0.4, -0.2) is 56.0 Å². The van der Waals surface area contributed by atoms with Gasteiger partial charge in [-0.05, 0) is 12.8 Å². The maximum absolute atomic E-state index is 15.1. The Morgan fingerprint density at radius 1 is 1.41 bits per heavy atom. The summed E-state index contributed by atoms with van der Waals surface area (Å²) in [5.74, 6) is -1.57. The van der Waals surface area contributed by atoms with Crippen molar-refractivity contribution in [2.45, 2.75) is 57.8 Å². The number of fused-ring (bicyclic) bond motifs is 1. The quantitative estimate of drug-likeness (QED) is 0.604. The fourth-order valence-corrected chi connectivity index (χ4v) is 3.77. The molecule has 2 N–H and O–H groups in total. The monoisotopic (exact) mass is 448 g/mol. The van der Waals surface area contributed by atoms with Crippen LogP contribution in [0.15, 0.2) is 11.0 Å². The molecule has 0 aromatic carbocycles. The zero-order chi connectivity index (χ0) is 23.2. The molecular weight excluding hydrogens is 427 g/mol. The molecule has 2 aliphatic rings. The Morgan fingerprint density at radius 2 is 2.12 bits per heavy atom. The van der Waals surface area contributed by atoms with Crippen LogP contribution in [0.3, 0.4) is 0 Å². The van der Waals surface area contributed by atoms with Gasteiger partial charge in [0.15, 0.2) is 24.2 Å². The van der Waals surface area contributed by atoms with Gasteiger partial charge in [-0.1, -0.05) is 0 Å². The minimum atomic E-state index is -1.89. The summed E-state index contributed by atoms with van der Waals surface area (Å²) < 4.78 is 33.2. The zero-order valence-corrected chi connectivity index (χ0v) is 17.4. The van der Waals surface area contributed by atoms with Gasteiger partial charge in [0.2, 0.25) is 5.95 Å². The van der Waals surface area contributed by atoms with Gasteiger partial charge < -0.3 is 19.9 Å². The molecular formula is C19H21FN6O6. The lowest BCUT2D eigenvalue weighted by Gasteiger charge is -2.19. The van der Waals surface area contributed by atoms with E-state index in [1.807, 2.05) is 0 Å². The number of nitriles is 1. The summed E-state index contributed by atoms with van der Waals surface area (Å²) >= 11 is 0. The highest BCUT2D eigenvalue weighted by Crippen LogP contribution is 2.46. The number of aromatic nitrogens is 4. The van der Waals surface area contributed by atoms with Crippen LogP contribution in [0.5, 0.6) is 0 Å². The average Bonchev–Trinajstić information content (AvgIpc) is 3.39. The smallest absolute Gasteiger partial charge is 0.332 e. The molecule has 4 rings (SSSR count). The van der Waals surface area contributed by atoms with Crippen LogP contribution in [0.4, 0.5) is 10.3 Å². The number of alkyl halides is 1. The van der Waals surface area contributed by atoms with Crippen molar-refractivity contribution in [2.75, 3.05) is 12.3 Å². The number of esters is 2. The van der Waals surface area contributed by atoms with E-state index in [1.54, 1.807) is 0 Å². The number of rotatable bonds is 6. The van der Waals surface area contributed by atoms with Gasteiger partial charge in [0.05, 0.1) is 17.7 Å². The van der Waals surface area contributed by atoms with Crippen molar-refractivity contribution in [3.63, 3.8) is 0 Å². The second-order valence-corrected chi connectivity index (χ2v) is 7.95. The van der Waals surface area contributed by atoms with E-state index in [2.05, 4.69) is 16.0 Å². The largest absolute Gasteiger partial charge is 0.463 e. The van der Waals surface area contributed by atoms with Crippen molar-refractivity contribution in [3.05, 3.63) is 16.7 Å². The van der Waals surface area contributed by atoms with E-state index in [9.17, 15) is 19.6 Å². The molecule has 12 nitrogen and oxygen atoms in total. The van der Waals surface area contributed by atoms with E-state index in [1.165, 1.54) is 10.8 Å². The number of nitrogen functional groups attached to an aromatic ring is 1. The standard InChI is InChI=1S/C19H21FN6O6/c1-9(27)30-6-12-13(20)14(31-10(2)28)16(32-12)26-15-11(5-23-17(22)24-15)25(18(26)29)8-19(7-21)3-4-19/h5,12-14,16H,3-4,6,8H2,1-2H3,(H2,22,23,24)/t12-,13-,14-,16-/m1/s1. The van der Waals surface area contributed by atoms with Crippen molar-refractivity contribution in [2.24, 2.45) is 5.41 Å². The molecule has 1 saturated carbocycles. The van der Waals surface area contributed by atoms with Crippen LogP contribution < -0.4 is 11.4 Å². The zero-order valence-electron chi connectivity index (χ0n) is 17.4. The Morgan fingerprint density at radius 3 is 2.72 bits per heavy atom. The van der Waals surface area contributed by atoms with Gasteiger partial charge >= 0.3 is 17.6 Å². The normalized spacial score (nSPS) is 25.9. The fourth-order valence-electron chi connectivity index (χ4n) is 3.77. The van der Waals surface area contributed by atoms with Crippen LogP contribution in [-0.2, 0) is 30.3 Å². The first-order chi connectivity index (χ1) is 15.2. The maximum atomic E-state index is 15.1. The molecule has 0 bridgehead atoms. The molecule has 170 valence electrons. The number of nitrogens with zero attached hydrogens (tertiary/aromatic N) is 5. The number of carbonyl (C=O) groups is 2. The van der Waals surface area contributed by atoms with Crippen LogP contribution in [0.25, 0.3) is 11.2 Å². The SMILES string of the molecule is CC(=O)OC[C@H]1O[C@@H](n2c(=O)n(CC3(C#N)CC3)c3cnc(N)nc32)[C@H](OC(C)=O)[C@@H]1F. The minimum Gasteiger partial charge on any atom is -0.463 e. The van der Waals surface area contributed by atoms with E-state index in [0.29, 0.717) is 12.8 Å². The highest BCUT2D eigenvalue weighted by Gasteiger charge is 2.51. The van der Waals surface area contributed by atoms with Gasteiger partial charge in [0.25, 0.3) is 0 Å². The molecule has 2 fully saturated rings. The summed E-state index contributed by atoms with van der Waals surface area (Å²) in [4.78, 5) is 44.2. The van der Waals surface area contributed by atoms with Crippen molar-refractivity contribution >= 4 is 29.1 Å². The molecule has 0 amide bonds. The number of carbonyl (C=O) groups excluding carboxylic acids is 2. The Labute approximate surface area is 180 Å². The van der Waals surface area contributed by atoms with Crippen LogP contribution in [0, 0.1) is 16.7 Å². The highest BCUT2D eigenvalue weighted by molar-refractivity contribution is 5.72. The lowest BCUT2D eigenvalue weighted by molar-refractivity contribution is -0.154. The van der Waals surface area contributed by atoms with E-state index in [0.717, 1.165) is 18.4 Å². The first kappa shape index (κ1) is 21.7. The minimum absolute atomic E-state index is 0.0405. The third-order valence-electron chi connectivity index (χ3n) is 5.55. The van der Waals surface area contributed by atoms with Gasteiger partial charge in [0.1, 0.15) is 18.2 Å². The molecule has 0 radical (unpaired) electrons. The molecule has 3 heterocycles. The topological polar surface area (TPSA) is 164 Å². The molecule has 0 spiro atoms. The third-order valence-corrected chi connectivity index (χ3v) is 5.55. The average molecular weight is 448 g/mol. The number of hydrogen-bond acceptors (Lipinski definition) is 10. The number of nitrogens with two attached hydrogens (primary N) is 1. The summed E-state index contributed by atoms with van der Waals surface area (Å²) in [5, 5.41) is 9.46. The van der Waals surface area contributed by atoms with Crippen LogP contribution in [0.2, 0.25) is 0 Å². The summed E-state index contributed by atoms with van der Waals surface area (Å²) in [6.45, 7) is 1.90. The molecule has 2 aromatic rings. The van der Waals surface area contributed by atoms with Gasteiger partial charge in [0, 0.05) is 20.4 Å². The summed E-state index contributed by atoms with van der Waals surface area (Å²) in [5.41, 5.74) is 4.69. The second-order valence-electron chi connectivity index (χ2n) is 7.95. The number of anilines is 1. The van der Waals surface area contributed by atoms with Crippen molar-refractivity contribution in [1.29, 1.82) is 5.26 Å². The Balaban J connectivity index is 1.81. The predicted octanol–water partition coefficient (Wildman–Crippen LogP) is 0.209. The fraction of sp³-hybridized carbons (Fsp3) is 0.579. The van der Waals surface area contributed by atoms with E-state index in [4.69, 9.17) is 19.9 Å². The summed E-state index contributed by atoms with van der Waals surface area (Å²) in [6, 6.07) is 2.22. The van der Waals surface area contributed by atoms with Crippen molar-refractivity contribution < 1.29 is 28.2 Å². The van der Waals surface area contributed by atoms with Crippen LogP contribution in [0.1, 0.15) is 32.9 Å². The number of hydrogen-bond donors (Lipinski definition) is 1. The van der Waals surface area contributed by atoms with E-state index >= 15 is 4.39 Å².